The number of halogens is 3. The van der Waals surface area contributed by atoms with Crippen LogP contribution in [0.3, 0.4) is 0 Å². The molecule has 1 heterocycles. The van der Waals surface area contributed by atoms with Gasteiger partial charge in [-0.05, 0) is 24.1 Å². The van der Waals surface area contributed by atoms with Crippen LogP contribution in [-0.4, -0.2) is 30.9 Å². The Balaban J connectivity index is 1.78. The van der Waals surface area contributed by atoms with Gasteiger partial charge in [-0.15, -0.1) is 0 Å². The van der Waals surface area contributed by atoms with Gasteiger partial charge < -0.3 is 19.9 Å². The zero-order valence-corrected chi connectivity index (χ0v) is 14.6. The molecule has 1 aromatic carbocycles. The molecule has 0 saturated carbocycles. The van der Waals surface area contributed by atoms with Gasteiger partial charge >= 0.3 is 6.18 Å². The molecule has 2 N–H and O–H groups in total. The molecule has 2 rings (SSSR count). The van der Waals surface area contributed by atoms with Crippen molar-refractivity contribution in [2.75, 3.05) is 13.7 Å². The molecule has 0 radical (unpaired) electrons. The minimum absolute atomic E-state index is 0.172. The van der Waals surface area contributed by atoms with E-state index in [9.17, 15) is 13.2 Å². The number of nitrogens with one attached hydrogen (secondary N) is 2. The SMILES string of the molecule is CCc1cc(CNC(=NC)NCc2ccc(OCC(F)(F)F)cc2)on1. The lowest BCUT2D eigenvalue weighted by Gasteiger charge is -2.12. The van der Waals surface area contributed by atoms with Crippen LogP contribution >= 0.6 is 0 Å². The standard InChI is InChI=1S/C17H21F3N4O2/c1-3-13-8-15(26-24-13)10-23-16(21-2)22-9-12-4-6-14(7-5-12)25-11-17(18,19)20/h4-8H,3,9-11H2,1-2H3,(H2,21,22,23). The fourth-order valence-corrected chi connectivity index (χ4v) is 2.05. The van der Waals surface area contributed by atoms with Gasteiger partial charge in [-0.2, -0.15) is 13.2 Å². The van der Waals surface area contributed by atoms with E-state index >= 15 is 0 Å². The molecular weight excluding hydrogens is 349 g/mol. The van der Waals surface area contributed by atoms with Gasteiger partial charge in [-0.25, -0.2) is 0 Å². The third-order valence-corrected chi connectivity index (χ3v) is 3.41. The van der Waals surface area contributed by atoms with Crippen molar-refractivity contribution in [1.82, 2.24) is 15.8 Å². The van der Waals surface area contributed by atoms with Crippen molar-refractivity contribution in [3.63, 3.8) is 0 Å². The summed E-state index contributed by atoms with van der Waals surface area (Å²) in [6, 6.07) is 8.26. The summed E-state index contributed by atoms with van der Waals surface area (Å²) in [5.41, 5.74) is 1.76. The van der Waals surface area contributed by atoms with Crippen molar-refractivity contribution >= 4 is 5.96 Å². The highest BCUT2D eigenvalue weighted by atomic mass is 19.4. The van der Waals surface area contributed by atoms with Gasteiger partial charge in [0.1, 0.15) is 5.75 Å². The Bertz CT molecular complexity index is 712. The first kappa shape index (κ1) is 19.6. The maximum Gasteiger partial charge on any atom is 0.422 e. The average Bonchev–Trinajstić information content (AvgIpc) is 3.08. The van der Waals surface area contributed by atoms with Crippen LogP contribution in [-0.2, 0) is 19.5 Å². The van der Waals surface area contributed by atoms with E-state index in [1.807, 2.05) is 13.0 Å². The van der Waals surface area contributed by atoms with Crippen molar-refractivity contribution < 1.29 is 22.4 Å². The smallest absolute Gasteiger partial charge is 0.422 e. The highest BCUT2D eigenvalue weighted by Gasteiger charge is 2.28. The second-order valence-corrected chi connectivity index (χ2v) is 5.47. The molecule has 0 atom stereocenters. The van der Waals surface area contributed by atoms with Crippen molar-refractivity contribution in [1.29, 1.82) is 0 Å². The Hall–Kier alpha value is -2.71. The number of ether oxygens (including phenoxy) is 1. The third kappa shape index (κ3) is 6.66. The molecule has 6 nitrogen and oxygen atoms in total. The summed E-state index contributed by atoms with van der Waals surface area (Å²) >= 11 is 0. The van der Waals surface area contributed by atoms with Crippen LogP contribution < -0.4 is 15.4 Å². The molecule has 0 fully saturated rings. The lowest BCUT2D eigenvalue weighted by atomic mass is 10.2. The van der Waals surface area contributed by atoms with E-state index in [1.165, 1.54) is 12.1 Å². The maximum atomic E-state index is 12.1. The number of hydrogen-bond acceptors (Lipinski definition) is 4. The predicted octanol–water partition coefficient (Wildman–Crippen LogP) is 3.04. The van der Waals surface area contributed by atoms with Crippen LogP contribution in [0.2, 0.25) is 0 Å². The molecule has 0 unspecified atom stereocenters. The summed E-state index contributed by atoms with van der Waals surface area (Å²) in [6.07, 6.45) is -3.54. The van der Waals surface area contributed by atoms with E-state index in [0.717, 1.165) is 17.7 Å². The summed E-state index contributed by atoms with van der Waals surface area (Å²) in [7, 11) is 1.64. The summed E-state index contributed by atoms with van der Waals surface area (Å²) in [5, 5.41) is 10.1. The van der Waals surface area contributed by atoms with Gasteiger partial charge in [0.25, 0.3) is 0 Å². The number of nitrogens with zero attached hydrogens (tertiary/aromatic N) is 2. The van der Waals surface area contributed by atoms with E-state index in [0.29, 0.717) is 24.8 Å². The molecule has 0 bridgehead atoms. The fraction of sp³-hybridized carbons (Fsp3) is 0.412. The zero-order valence-electron chi connectivity index (χ0n) is 14.6. The van der Waals surface area contributed by atoms with Crippen LogP contribution in [0.1, 0.15) is 23.9 Å². The number of aromatic nitrogens is 1. The third-order valence-electron chi connectivity index (χ3n) is 3.41. The maximum absolute atomic E-state index is 12.1. The summed E-state index contributed by atoms with van der Waals surface area (Å²) in [6.45, 7) is 1.59. The van der Waals surface area contributed by atoms with Gasteiger partial charge in [0.05, 0.1) is 12.2 Å². The van der Waals surface area contributed by atoms with Crippen molar-refractivity contribution in [2.24, 2.45) is 4.99 Å². The first-order valence-electron chi connectivity index (χ1n) is 8.07. The van der Waals surface area contributed by atoms with Crippen molar-refractivity contribution in [3.05, 3.63) is 47.3 Å². The van der Waals surface area contributed by atoms with Crippen LogP contribution in [0.4, 0.5) is 13.2 Å². The van der Waals surface area contributed by atoms with Crippen LogP contribution in [0.5, 0.6) is 5.75 Å². The van der Waals surface area contributed by atoms with Crippen LogP contribution in [0, 0.1) is 0 Å². The van der Waals surface area contributed by atoms with Gasteiger partial charge in [0.15, 0.2) is 18.3 Å². The minimum atomic E-state index is -4.35. The van der Waals surface area contributed by atoms with E-state index in [1.54, 1.807) is 19.2 Å². The fourth-order valence-electron chi connectivity index (χ4n) is 2.05. The van der Waals surface area contributed by atoms with E-state index in [4.69, 9.17) is 4.52 Å². The number of aliphatic imine (C=N–C) groups is 1. The lowest BCUT2D eigenvalue weighted by molar-refractivity contribution is -0.153. The normalized spacial score (nSPS) is 12.1. The molecule has 0 amide bonds. The Morgan fingerprint density at radius 2 is 1.88 bits per heavy atom. The molecule has 142 valence electrons. The molecule has 0 aliphatic rings. The Labute approximate surface area is 149 Å². The Morgan fingerprint density at radius 1 is 1.19 bits per heavy atom. The Morgan fingerprint density at radius 3 is 2.46 bits per heavy atom. The molecule has 1 aromatic heterocycles. The molecule has 0 aliphatic heterocycles. The molecule has 9 heteroatoms. The van der Waals surface area contributed by atoms with Gasteiger partial charge in [-0.3, -0.25) is 4.99 Å². The predicted molar refractivity (Wildman–Crippen MR) is 90.9 cm³/mol. The summed E-state index contributed by atoms with van der Waals surface area (Å²) in [4.78, 5) is 4.10. The molecule has 0 aliphatic carbocycles. The molecular formula is C17H21F3N4O2. The zero-order chi connectivity index (χ0) is 19.0. The number of aryl methyl sites for hydroxylation is 1. The molecule has 26 heavy (non-hydrogen) atoms. The summed E-state index contributed by atoms with van der Waals surface area (Å²) in [5.74, 6) is 1.44. The topological polar surface area (TPSA) is 71.7 Å². The number of rotatable bonds is 7. The second kappa shape index (κ2) is 9.12. The van der Waals surface area contributed by atoms with Gasteiger partial charge in [0.2, 0.25) is 0 Å². The molecule has 0 saturated heterocycles. The quantitative estimate of drug-likeness (QED) is 0.579. The van der Waals surface area contributed by atoms with Crippen LogP contribution in [0.15, 0.2) is 39.8 Å². The number of guanidine groups is 1. The van der Waals surface area contributed by atoms with E-state index in [-0.39, 0.29) is 5.75 Å². The highest BCUT2D eigenvalue weighted by Crippen LogP contribution is 2.18. The average molecular weight is 370 g/mol. The first-order valence-corrected chi connectivity index (χ1v) is 8.07. The minimum Gasteiger partial charge on any atom is -0.484 e. The van der Waals surface area contributed by atoms with Crippen LogP contribution in [0.25, 0.3) is 0 Å². The van der Waals surface area contributed by atoms with E-state index in [2.05, 4.69) is 25.5 Å². The van der Waals surface area contributed by atoms with Gasteiger partial charge in [0, 0.05) is 19.7 Å². The lowest BCUT2D eigenvalue weighted by Crippen LogP contribution is -2.36. The summed E-state index contributed by atoms with van der Waals surface area (Å²) < 4.78 is 46.2. The Kier molecular flexibility index (Phi) is 6.88. The van der Waals surface area contributed by atoms with E-state index < -0.39 is 12.8 Å². The number of hydrogen-bond donors (Lipinski definition) is 2. The largest absolute Gasteiger partial charge is 0.484 e. The van der Waals surface area contributed by atoms with Crippen molar-refractivity contribution in [3.8, 4) is 5.75 Å². The molecule has 0 spiro atoms. The monoisotopic (exact) mass is 370 g/mol. The highest BCUT2D eigenvalue weighted by molar-refractivity contribution is 5.79. The molecule has 2 aromatic rings. The van der Waals surface area contributed by atoms with Crippen molar-refractivity contribution in [2.45, 2.75) is 32.6 Å². The number of alkyl halides is 3. The second-order valence-electron chi connectivity index (χ2n) is 5.47. The number of benzene rings is 1. The first-order chi connectivity index (χ1) is 12.4. The van der Waals surface area contributed by atoms with Gasteiger partial charge in [-0.1, -0.05) is 24.2 Å².